The van der Waals surface area contributed by atoms with Gasteiger partial charge in [-0.1, -0.05) is 35.2 Å². The van der Waals surface area contributed by atoms with E-state index < -0.39 is 45.5 Å². The van der Waals surface area contributed by atoms with E-state index in [4.69, 9.17) is 11.5 Å². The number of carbonyl (C=O) groups excluding carboxylic acids is 2. The quantitative estimate of drug-likeness (QED) is 0.722. The first-order chi connectivity index (χ1) is 12.1. The zero-order valence-corrected chi connectivity index (χ0v) is 14.5. The Labute approximate surface area is 152 Å². The van der Waals surface area contributed by atoms with Crippen molar-refractivity contribution in [1.82, 2.24) is 4.98 Å². The van der Waals surface area contributed by atoms with Crippen molar-refractivity contribution in [2.75, 3.05) is 0 Å². The van der Waals surface area contributed by atoms with Crippen LogP contribution in [0.15, 0.2) is 34.1 Å². The number of nitrogens with one attached hydrogen (secondary N) is 1. The number of nitrogens with two attached hydrogens (primary N) is 2. The monoisotopic (exact) mass is 403 g/mol. The lowest BCUT2D eigenvalue weighted by Gasteiger charge is -2.33. The number of hydrogen-bond acceptors (Lipinski definition) is 5. The van der Waals surface area contributed by atoms with E-state index in [1.807, 2.05) is 0 Å². The Hall–Kier alpha value is -2.27. The lowest BCUT2D eigenvalue weighted by atomic mass is 9.81. The number of hydrogen-bond donors (Lipinski definition) is 3. The fraction of sp³-hybridized carbons (Fsp3) is 0.267. The Morgan fingerprint density at radius 3 is 2.19 bits per heavy atom. The molecule has 0 spiro atoms. The number of H-pyrrole nitrogens is 1. The van der Waals surface area contributed by atoms with Gasteiger partial charge >= 0.3 is 11.0 Å². The first-order valence-corrected chi connectivity index (χ1v) is 8.94. The molecular formula is C15H12F3N3O3S2. The summed E-state index contributed by atoms with van der Waals surface area (Å²) in [6.07, 6.45) is -4.51. The summed E-state index contributed by atoms with van der Waals surface area (Å²) < 4.78 is 38.4. The number of aromatic amines is 1. The molecule has 2 heterocycles. The van der Waals surface area contributed by atoms with Crippen LogP contribution in [-0.2, 0) is 15.8 Å². The van der Waals surface area contributed by atoms with Gasteiger partial charge in [-0.05, 0) is 17.7 Å². The van der Waals surface area contributed by atoms with Crippen molar-refractivity contribution in [2.24, 2.45) is 17.4 Å². The Balaban J connectivity index is 2.16. The number of alkyl halides is 3. The lowest BCUT2D eigenvalue weighted by molar-refractivity contribution is -0.137. The predicted octanol–water partition coefficient (Wildman–Crippen LogP) is 1.65. The number of aromatic nitrogens is 1. The maximum atomic E-state index is 12.8. The molecule has 2 aromatic rings. The largest absolute Gasteiger partial charge is 0.416 e. The van der Waals surface area contributed by atoms with Crippen molar-refractivity contribution >= 4 is 34.9 Å². The molecule has 138 valence electrons. The highest BCUT2D eigenvalue weighted by Gasteiger charge is 2.46. The van der Waals surface area contributed by atoms with Crippen molar-refractivity contribution in [3.05, 3.63) is 49.9 Å². The second kappa shape index (κ2) is 6.47. The summed E-state index contributed by atoms with van der Waals surface area (Å²) in [7, 11) is 0. The SMILES string of the molecule is NC(=O)[C@H]1[C@H](c2ccc(C(F)(F)F)cc2)c2sc(=O)[nH]c2S[C@H]1C(N)=O. The van der Waals surface area contributed by atoms with E-state index in [9.17, 15) is 27.6 Å². The predicted molar refractivity (Wildman–Crippen MR) is 89.8 cm³/mol. The molecule has 1 aliphatic heterocycles. The van der Waals surface area contributed by atoms with Crippen LogP contribution in [0.3, 0.4) is 0 Å². The Morgan fingerprint density at radius 1 is 1.08 bits per heavy atom. The molecule has 2 amide bonds. The maximum Gasteiger partial charge on any atom is 0.416 e. The van der Waals surface area contributed by atoms with E-state index in [1.54, 1.807) is 0 Å². The van der Waals surface area contributed by atoms with Gasteiger partial charge in [0.15, 0.2) is 0 Å². The molecule has 0 saturated heterocycles. The summed E-state index contributed by atoms with van der Waals surface area (Å²) in [4.78, 5) is 38.2. The first kappa shape index (κ1) is 18.5. The summed E-state index contributed by atoms with van der Waals surface area (Å²) in [5, 5.41) is -0.677. The number of benzene rings is 1. The molecule has 5 N–H and O–H groups in total. The van der Waals surface area contributed by atoms with Crippen molar-refractivity contribution in [3.63, 3.8) is 0 Å². The second-order valence-corrected chi connectivity index (χ2v) is 7.84. The molecule has 1 aliphatic rings. The van der Waals surface area contributed by atoms with Crippen molar-refractivity contribution < 1.29 is 22.8 Å². The third-order valence-electron chi connectivity index (χ3n) is 4.06. The normalized spacial score (nSPS) is 22.7. The van der Waals surface area contributed by atoms with E-state index >= 15 is 0 Å². The van der Waals surface area contributed by atoms with Crippen LogP contribution >= 0.6 is 23.1 Å². The van der Waals surface area contributed by atoms with Gasteiger partial charge < -0.3 is 16.5 Å². The Morgan fingerprint density at radius 2 is 1.69 bits per heavy atom. The highest BCUT2D eigenvalue weighted by Crippen LogP contribution is 2.49. The zero-order valence-electron chi connectivity index (χ0n) is 12.9. The number of rotatable bonds is 3. The van der Waals surface area contributed by atoms with Crippen LogP contribution in [0.25, 0.3) is 0 Å². The number of amides is 2. The van der Waals surface area contributed by atoms with Crippen LogP contribution in [0, 0.1) is 5.92 Å². The molecule has 0 bridgehead atoms. The molecule has 0 aliphatic carbocycles. The van der Waals surface area contributed by atoms with Gasteiger partial charge in [0, 0.05) is 10.8 Å². The number of carbonyl (C=O) groups is 2. The van der Waals surface area contributed by atoms with Gasteiger partial charge in [0.2, 0.25) is 11.8 Å². The minimum absolute atomic E-state index is 0.338. The number of fused-ring (bicyclic) bond motifs is 1. The van der Waals surface area contributed by atoms with E-state index in [0.717, 1.165) is 35.2 Å². The smallest absolute Gasteiger partial charge is 0.369 e. The number of primary amides is 2. The van der Waals surface area contributed by atoms with Crippen molar-refractivity contribution in [3.8, 4) is 0 Å². The minimum Gasteiger partial charge on any atom is -0.369 e. The summed E-state index contributed by atoms with van der Waals surface area (Å²) in [5.74, 6) is -3.55. The molecule has 3 rings (SSSR count). The van der Waals surface area contributed by atoms with Gasteiger partial charge in [-0.3, -0.25) is 14.4 Å². The minimum atomic E-state index is -4.51. The standard InChI is InChI=1S/C15H12F3N3O3S2/c16-15(17,18)6-3-1-5(2-4-6)7-8(11(19)22)9(12(20)23)25-13-10(7)26-14(24)21-13/h1-4,7-9H,(H2,19,22)(H2,20,23)(H,21,24)/t7-,8-,9+/m0/s1. The molecule has 11 heteroatoms. The fourth-order valence-corrected chi connectivity index (χ4v) is 5.39. The Kier molecular flexibility index (Phi) is 4.61. The van der Waals surface area contributed by atoms with Gasteiger partial charge in [0.25, 0.3) is 0 Å². The molecular weight excluding hydrogens is 391 g/mol. The molecule has 0 radical (unpaired) electrons. The van der Waals surface area contributed by atoms with Crippen LogP contribution < -0.4 is 16.3 Å². The topological polar surface area (TPSA) is 119 Å². The third kappa shape index (κ3) is 3.23. The average molecular weight is 403 g/mol. The summed E-state index contributed by atoms with van der Waals surface area (Å²) in [6, 6.07) is 4.18. The van der Waals surface area contributed by atoms with Crippen LogP contribution in [0.2, 0.25) is 0 Å². The second-order valence-electron chi connectivity index (χ2n) is 5.67. The zero-order chi connectivity index (χ0) is 19.2. The van der Waals surface area contributed by atoms with Gasteiger partial charge in [-0.15, -0.1) is 0 Å². The molecule has 1 aromatic carbocycles. The van der Waals surface area contributed by atoms with Gasteiger partial charge in [-0.2, -0.15) is 13.2 Å². The van der Waals surface area contributed by atoms with Gasteiger partial charge in [-0.25, -0.2) is 0 Å². The first-order valence-electron chi connectivity index (χ1n) is 7.25. The molecule has 26 heavy (non-hydrogen) atoms. The van der Waals surface area contributed by atoms with Crippen LogP contribution in [-0.4, -0.2) is 22.0 Å². The molecule has 3 atom stereocenters. The van der Waals surface area contributed by atoms with E-state index in [0.29, 0.717) is 15.5 Å². The molecule has 1 aromatic heterocycles. The fourth-order valence-electron chi connectivity index (χ4n) is 2.94. The van der Waals surface area contributed by atoms with E-state index in [1.165, 1.54) is 12.1 Å². The number of thioether (sulfide) groups is 1. The van der Waals surface area contributed by atoms with Crippen molar-refractivity contribution in [1.29, 1.82) is 0 Å². The maximum absolute atomic E-state index is 12.8. The highest BCUT2D eigenvalue weighted by atomic mass is 32.2. The van der Waals surface area contributed by atoms with Crippen LogP contribution in [0.4, 0.5) is 13.2 Å². The third-order valence-corrected chi connectivity index (χ3v) is 6.49. The van der Waals surface area contributed by atoms with Crippen molar-refractivity contribution in [2.45, 2.75) is 22.4 Å². The van der Waals surface area contributed by atoms with E-state index in [2.05, 4.69) is 4.98 Å². The van der Waals surface area contributed by atoms with Gasteiger partial charge in [0.1, 0.15) is 5.25 Å². The van der Waals surface area contributed by atoms with Crippen LogP contribution in [0.5, 0.6) is 0 Å². The summed E-state index contributed by atoms with van der Waals surface area (Å²) in [5.41, 5.74) is 10.3. The van der Waals surface area contributed by atoms with Gasteiger partial charge in [0.05, 0.1) is 16.5 Å². The average Bonchev–Trinajstić information content (AvgIpc) is 2.92. The summed E-state index contributed by atoms with van der Waals surface area (Å²) in [6.45, 7) is 0. The number of thiazole rings is 1. The molecule has 0 unspecified atom stereocenters. The van der Waals surface area contributed by atoms with Crippen LogP contribution in [0.1, 0.15) is 21.9 Å². The molecule has 0 saturated carbocycles. The highest BCUT2D eigenvalue weighted by molar-refractivity contribution is 8.00. The molecule has 0 fully saturated rings. The Bertz CT molecular complexity index is 921. The molecule has 6 nitrogen and oxygen atoms in total. The summed E-state index contributed by atoms with van der Waals surface area (Å²) >= 11 is 1.75. The lowest BCUT2D eigenvalue weighted by Crippen LogP contribution is -2.45. The van der Waals surface area contributed by atoms with E-state index in [-0.39, 0.29) is 0 Å². The number of halogens is 3.